The molecule has 0 bridgehead atoms. The van der Waals surface area contributed by atoms with Gasteiger partial charge in [-0.2, -0.15) is 0 Å². The molecule has 53 heavy (non-hydrogen) atoms. The first-order chi connectivity index (χ1) is 24.8. The molecule has 2 amide bonds. The van der Waals surface area contributed by atoms with Crippen LogP contribution in [0.2, 0.25) is 0 Å². The monoisotopic (exact) mass is 754 g/mol. The van der Waals surface area contributed by atoms with Crippen molar-refractivity contribution in [2.45, 2.75) is 64.8 Å². The molecule has 4 aromatic rings. The van der Waals surface area contributed by atoms with Gasteiger partial charge in [-0.05, 0) is 55.3 Å². The van der Waals surface area contributed by atoms with E-state index in [0.29, 0.717) is 41.9 Å². The van der Waals surface area contributed by atoms with E-state index in [-0.39, 0.29) is 29.6 Å². The number of carbonyl (C=O) groups excluding carboxylic acids is 3. The largest absolute Gasteiger partial charge is 0.464 e. The lowest BCUT2D eigenvalue weighted by molar-refractivity contribution is -0.146. The molecule has 14 nitrogen and oxygen atoms in total. The smallest absolute Gasteiger partial charge is 0.336 e. The van der Waals surface area contributed by atoms with E-state index < -0.39 is 67.5 Å². The zero-order valence-corrected chi connectivity index (χ0v) is 30.8. The summed E-state index contributed by atoms with van der Waals surface area (Å²) in [6.45, 7) is 8.63. The molecule has 0 radical (unpaired) electrons. The summed E-state index contributed by atoms with van der Waals surface area (Å²) in [5.74, 6) is -4.93. The molecule has 282 valence electrons. The number of amides is 2. The highest BCUT2D eigenvalue weighted by atomic mass is 32.2. The lowest BCUT2D eigenvalue weighted by Gasteiger charge is -2.19. The van der Waals surface area contributed by atoms with E-state index in [0.717, 1.165) is 4.57 Å². The SMILES string of the molecule is CCCCOC(=O)[C@H](Cc1ccc(-n2c(=O)cc(C)n(C)c2=O)nc1)NC(=O)c1cc(F)c(NS(=O)(=O)c2ccc(NC(=O)C(C)(C)C)cc2)cc1F. The van der Waals surface area contributed by atoms with Crippen molar-refractivity contribution in [3.63, 3.8) is 0 Å². The predicted octanol–water partition coefficient (Wildman–Crippen LogP) is 3.99. The summed E-state index contributed by atoms with van der Waals surface area (Å²) in [6, 6.07) is 8.72. The topological polar surface area (TPSA) is 188 Å². The molecule has 0 saturated heterocycles. The number of unbranched alkanes of at least 4 members (excludes halogenated alkanes) is 1. The van der Waals surface area contributed by atoms with E-state index >= 15 is 8.78 Å². The van der Waals surface area contributed by atoms with Crippen molar-refractivity contribution in [3.8, 4) is 5.82 Å². The van der Waals surface area contributed by atoms with Crippen LogP contribution in [-0.4, -0.2) is 53.0 Å². The van der Waals surface area contributed by atoms with Crippen LogP contribution in [0.25, 0.3) is 5.82 Å². The summed E-state index contributed by atoms with van der Waals surface area (Å²) >= 11 is 0. The van der Waals surface area contributed by atoms with E-state index in [4.69, 9.17) is 4.74 Å². The van der Waals surface area contributed by atoms with Crippen molar-refractivity contribution in [1.29, 1.82) is 0 Å². The highest BCUT2D eigenvalue weighted by molar-refractivity contribution is 7.92. The summed E-state index contributed by atoms with van der Waals surface area (Å²) in [7, 11) is -2.94. The number of rotatable bonds is 13. The van der Waals surface area contributed by atoms with Crippen LogP contribution in [-0.2, 0) is 37.8 Å². The molecule has 17 heteroatoms. The van der Waals surface area contributed by atoms with E-state index in [9.17, 15) is 32.4 Å². The highest BCUT2D eigenvalue weighted by Gasteiger charge is 2.27. The number of sulfonamides is 1. The van der Waals surface area contributed by atoms with Gasteiger partial charge in [0, 0.05) is 48.6 Å². The highest BCUT2D eigenvalue weighted by Crippen LogP contribution is 2.25. The van der Waals surface area contributed by atoms with Crippen LogP contribution in [0.1, 0.15) is 62.2 Å². The minimum Gasteiger partial charge on any atom is -0.464 e. The molecular weight excluding hydrogens is 714 g/mol. The molecule has 0 fully saturated rings. The van der Waals surface area contributed by atoms with E-state index in [2.05, 4.69) is 15.6 Å². The Kier molecular flexibility index (Phi) is 12.3. The third-order valence-corrected chi connectivity index (χ3v) is 9.40. The standard InChI is InChI=1S/C36H40F2N6O8S/c1-7-8-15-52-33(47)29(17-22-9-14-30(39-20-22)44-31(45)16-21(2)43(6)35(44)49)41-32(46)25-18-27(38)28(19-26(25)37)42-53(50,51)24-12-10-23(11-13-24)40-34(48)36(3,4)5/h9-14,16,18-20,29,42H,7-8,15,17H2,1-6H3,(H,40,48)(H,41,46)/t29-/m0/s1. The molecule has 2 aromatic carbocycles. The third-order valence-electron chi connectivity index (χ3n) is 8.02. The predicted molar refractivity (Wildman–Crippen MR) is 192 cm³/mol. The second kappa shape index (κ2) is 16.3. The van der Waals surface area contributed by atoms with Gasteiger partial charge in [-0.15, -0.1) is 0 Å². The van der Waals surface area contributed by atoms with Gasteiger partial charge in [-0.1, -0.05) is 40.2 Å². The molecule has 3 N–H and O–H groups in total. The summed E-state index contributed by atoms with van der Waals surface area (Å²) in [4.78, 5) is 67.6. The third kappa shape index (κ3) is 9.79. The molecular formula is C36H40F2N6O8S. The quantitative estimate of drug-likeness (QED) is 0.134. The second-order valence-electron chi connectivity index (χ2n) is 13.2. The van der Waals surface area contributed by atoms with Gasteiger partial charge in [0.15, 0.2) is 0 Å². The molecule has 0 spiro atoms. The van der Waals surface area contributed by atoms with E-state index in [1.54, 1.807) is 27.7 Å². The van der Waals surface area contributed by atoms with Crippen LogP contribution >= 0.6 is 0 Å². The van der Waals surface area contributed by atoms with Crippen molar-refractivity contribution in [2.24, 2.45) is 12.5 Å². The van der Waals surface area contributed by atoms with Crippen LogP contribution in [0.15, 0.2) is 75.3 Å². The zero-order chi connectivity index (χ0) is 39.2. The molecule has 0 saturated carbocycles. The van der Waals surface area contributed by atoms with Crippen LogP contribution in [0.4, 0.5) is 20.2 Å². The van der Waals surface area contributed by atoms with Crippen molar-refractivity contribution in [2.75, 3.05) is 16.6 Å². The fourth-order valence-electron chi connectivity index (χ4n) is 4.74. The Labute approximate surface area is 304 Å². The molecule has 1 atom stereocenters. The summed E-state index contributed by atoms with van der Waals surface area (Å²) in [6.07, 6.45) is 2.30. The number of benzene rings is 2. The molecule has 0 aliphatic carbocycles. The average molecular weight is 755 g/mol. The lowest BCUT2D eigenvalue weighted by atomic mass is 9.95. The normalized spacial score (nSPS) is 12.2. The summed E-state index contributed by atoms with van der Waals surface area (Å²) < 4.78 is 65.9. The molecule has 0 aliphatic heterocycles. The van der Waals surface area contributed by atoms with Crippen molar-refractivity contribution >= 4 is 39.2 Å². The van der Waals surface area contributed by atoms with Gasteiger partial charge in [0.25, 0.3) is 21.5 Å². The first-order valence-electron chi connectivity index (χ1n) is 16.5. The minimum absolute atomic E-state index is 0.0142. The second-order valence-corrected chi connectivity index (χ2v) is 14.9. The fourth-order valence-corrected chi connectivity index (χ4v) is 5.80. The molecule has 0 aliphatic rings. The first kappa shape index (κ1) is 40.1. The number of esters is 1. The van der Waals surface area contributed by atoms with Gasteiger partial charge >= 0.3 is 11.7 Å². The number of aryl methyl sites for hydroxylation is 1. The lowest BCUT2D eigenvalue weighted by Crippen LogP contribution is -2.44. The van der Waals surface area contributed by atoms with Crippen LogP contribution in [0.5, 0.6) is 0 Å². The number of anilines is 2. The van der Waals surface area contributed by atoms with Gasteiger partial charge in [0.05, 0.1) is 22.8 Å². The Hall–Kier alpha value is -5.71. The number of aromatic nitrogens is 3. The maximum Gasteiger partial charge on any atom is 0.336 e. The van der Waals surface area contributed by atoms with Crippen LogP contribution in [0.3, 0.4) is 0 Å². The van der Waals surface area contributed by atoms with Gasteiger partial charge < -0.3 is 19.9 Å². The van der Waals surface area contributed by atoms with E-state index in [1.165, 1.54) is 60.3 Å². The van der Waals surface area contributed by atoms with Crippen molar-refractivity contribution < 1.29 is 36.3 Å². The Morgan fingerprint density at radius 3 is 2.26 bits per heavy atom. The average Bonchev–Trinajstić information content (AvgIpc) is 3.08. The molecule has 2 aromatic heterocycles. The van der Waals surface area contributed by atoms with E-state index in [1.807, 2.05) is 11.6 Å². The Morgan fingerprint density at radius 2 is 1.66 bits per heavy atom. The number of carbonyl (C=O) groups is 3. The van der Waals surface area contributed by atoms with Crippen molar-refractivity contribution in [1.82, 2.24) is 19.4 Å². The Balaban J connectivity index is 1.53. The zero-order valence-electron chi connectivity index (χ0n) is 30.0. The number of hydrogen-bond acceptors (Lipinski definition) is 9. The molecule has 2 heterocycles. The summed E-state index contributed by atoms with van der Waals surface area (Å²) in [5, 5.41) is 5.00. The fraction of sp³-hybridized carbons (Fsp3) is 0.333. The number of pyridine rings is 1. The maximum absolute atomic E-state index is 15.3. The van der Waals surface area contributed by atoms with Gasteiger partial charge in [0.2, 0.25) is 5.91 Å². The van der Waals surface area contributed by atoms with Crippen molar-refractivity contribution in [3.05, 3.63) is 110 Å². The van der Waals surface area contributed by atoms with Gasteiger partial charge in [0.1, 0.15) is 23.5 Å². The Morgan fingerprint density at radius 1 is 0.981 bits per heavy atom. The van der Waals surface area contributed by atoms with Gasteiger partial charge in [-0.3, -0.25) is 19.1 Å². The Bertz CT molecular complexity index is 2250. The number of nitrogens with one attached hydrogen (secondary N) is 3. The van der Waals surface area contributed by atoms with Gasteiger partial charge in [-0.25, -0.2) is 36.3 Å². The number of nitrogens with zero attached hydrogens (tertiary/aromatic N) is 3. The molecule has 0 unspecified atom stereocenters. The van der Waals surface area contributed by atoms with Crippen LogP contribution < -0.4 is 26.6 Å². The number of ether oxygens (including phenoxy) is 1. The summed E-state index contributed by atoms with van der Waals surface area (Å²) in [5.41, 5.74) is -2.38. The first-order valence-corrected chi connectivity index (χ1v) is 18.0. The molecule has 4 rings (SSSR count). The minimum atomic E-state index is -4.44. The maximum atomic E-state index is 15.3. The number of hydrogen-bond donors (Lipinski definition) is 3. The number of halogens is 2. The van der Waals surface area contributed by atoms with Crippen LogP contribution in [0, 0.1) is 24.0 Å².